The Morgan fingerprint density at radius 3 is 2.39 bits per heavy atom. The fourth-order valence-corrected chi connectivity index (χ4v) is 3.51. The Bertz CT molecular complexity index is 1090. The van der Waals surface area contributed by atoms with Crippen LogP contribution in [0, 0.1) is 0 Å². The molecule has 0 bridgehead atoms. The summed E-state index contributed by atoms with van der Waals surface area (Å²) in [5.41, 5.74) is 0.404. The maximum absolute atomic E-state index is 12.5. The largest absolute Gasteiger partial charge is 0.342 e. The number of aromatic nitrogens is 1. The number of carbonyl (C=O) groups excluding carboxylic acids is 1. The smallest absolute Gasteiger partial charge is 0.306 e. The van der Waals surface area contributed by atoms with E-state index >= 15 is 0 Å². The lowest BCUT2D eigenvalue weighted by Gasteiger charge is -2.08. The molecule has 3 aromatic carbocycles. The van der Waals surface area contributed by atoms with Gasteiger partial charge in [-0.3, -0.25) is 4.79 Å². The van der Waals surface area contributed by atoms with Crippen LogP contribution in [0.5, 0.6) is 0 Å². The molecule has 5 heteroatoms. The van der Waals surface area contributed by atoms with E-state index in [1.165, 1.54) is 0 Å². The molecule has 1 heterocycles. The zero-order valence-corrected chi connectivity index (χ0v) is 12.8. The summed E-state index contributed by atoms with van der Waals surface area (Å²) < 4.78 is 1.96. The minimum absolute atomic E-state index is 0.289. The summed E-state index contributed by atoms with van der Waals surface area (Å²) >= 11 is 1.15. The van der Waals surface area contributed by atoms with Gasteiger partial charge in [0.2, 0.25) is 0 Å². The fourth-order valence-electron chi connectivity index (χ4n) is 2.61. The van der Waals surface area contributed by atoms with Crippen LogP contribution < -0.4 is 10.9 Å². The summed E-state index contributed by atoms with van der Waals surface area (Å²) in [7, 11) is 0. The minimum atomic E-state index is -0.437. The van der Waals surface area contributed by atoms with E-state index in [-0.39, 0.29) is 5.56 Å². The standard InChI is InChI=1S/C18H12N2O2S/c21-17-14-9-3-4-11-16(14)23-20(17)18(22)19-15-10-5-7-12-6-1-2-8-13(12)15/h1-11H,(H,19,22). The van der Waals surface area contributed by atoms with Crippen molar-refractivity contribution in [1.29, 1.82) is 0 Å². The molecule has 0 atom stereocenters. The van der Waals surface area contributed by atoms with Gasteiger partial charge in [-0.25, -0.2) is 4.79 Å². The van der Waals surface area contributed by atoms with Gasteiger partial charge in [-0.15, -0.1) is 0 Å². The average Bonchev–Trinajstić information content (AvgIpc) is 2.93. The Kier molecular flexibility index (Phi) is 3.20. The first-order valence-electron chi connectivity index (χ1n) is 7.14. The second-order valence-electron chi connectivity index (χ2n) is 5.14. The van der Waals surface area contributed by atoms with Gasteiger partial charge < -0.3 is 5.32 Å². The molecule has 1 N–H and O–H groups in total. The number of nitrogens with one attached hydrogen (secondary N) is 1. The Morgan fingerprint density at radius 2 is 1.57 bits per heavy atom. The number of anilines is 1. The summed E-state index contributed by atoms with van der Waals surface area (Å²) in [6.45, 7) is 0. The summed E-state index contributed by atoms with van der Waals surface area (Å²) in [4.78, 5) is 24.8. The first-order valence-corrected chi connectivity index (χ1v) is 7.91. The van der Waals surface area contributed by atoms with Gasteiger partial charge in [-0.1, -0.05) is 48.5 Å². The van der Waals surface area contributed by atoms with Crippen molar-refractivity contribution in [3.05, 3.63) is 77.1 Å². The van der Waals surface area contributed by atoms with Crippen LogP contribution >= 0.6 is 11.5 Å². The minimum Gasteiger partial charge on any atom is -0.306 e. The molecule has 0 fully saturated rings. The van der Waals surface area contributed by atoms with Gasteiger partial charge in [-0.05, 0) is 35.1 Å². The number of hydrogen-bond donors (Lipinski definition) is 1. The third kappa shape index (κ3) is 2.31. The maximum atomic E-state index is 12.5. The van der Waals surface area contributed by atoms with Crippen LogP contribution in [0.2, 0.25) is 0 Å². The number of nitrogens with zero attached hydrogens (tertiary/aromatic N) is 1. The molecular formula is C18H12N2O2S. The van der Waals surface area contributed by atoms with Crippen molar-refractivity contribution in [2.75, 3.05) is 5.32 Å². The second-order valence-corrected chi connectivity index (χ2v) is 6.13. The highest BCUT2D eigenvalue weighted by Crippen LogP contribution is 2.23. The quantitative estimate of drug-likeness (QED) is 0.568. The highest BCUT2D eigenvalue weighted by atomic mass is 32.1. The summed E-state index contributed by atoms with van der Waals surface area (Å²) in [6, 6.07) is 20.3. The Morgan fingerprint density at radius 1 is 0.870 bits per heavy atom. The van der Waals surface area contributed by atoms with Crippen LogP contribution in [0.3, 0.4) is 0 Å². The lowest BCUT2D eigenvalue weighted by molar-refractivity contribution is 0.255. The normalized spacial score (nSPS) is 11.0. The van der Waals surface area contributed by atoms with E-state index in [0.717, 1.165) is 31.0 Å². The van der Waals surface area contributed by atoms with Crippen LogP contribution in [0.4, 0.5) is 10.5 Å². The zero-order valence-electron chi connectivity index (χ0n) is 12.0. The molecule has 0 radical (unpaired) electrons. The predicted octanol–water partition coefficient (Wildman–Crippen LogP) is 4.30. The number of benzene rings is 3. The number of carbonyl (C=O) groups is 1. The van der Waals surface area contributed by atoms with Gasteiger partial charge in [0.15, 0.2) is 0 Å². The van der Waals surface area contributed by atoms with Crippen LogP contribution in [0.1, 0.15) is 0 Å². The number of amides is 1. The third-order valence-corrected chi connectivity index (χ3v) is 4.77. The molecule has 0 spiro atoms. The summed E-state index contributed by atoms with van der Waals surface area (Å²) in [6.07, 6.45) is 0. The van der Waals surface area contributed by atoms with Gasteiger partial charge >= 0.3 is 6.03 Å². The average molecular weight is 320 g/mol. The molecule has 4 nitrogen and oxygen atoms in total. The molecule has 0 aliphatic rings. The highest BCUT2D eigenvalue weighted by Gasteiger charge is 2.14. The number of rotatable bonds is 1. The molecule has 112 valence electrons. The molecule has 4 aromatic rings. The van der Waals surface area contributed by atoms with Gasteiger partial charge in [0, 0.05) is 5.39 Å². The van der Waals surface area contributed by atoms with Crippen LogP contribution in [-0.4, -0.2) is 9.99 Å². The van der Waals surface area contributed by atoms with Gasteiger partial charge in [0.05, 0.1) is 15.8 Å². The van der Waals surface area contributed by atoms with E-state index < -0.39 is 6.03 Å². The number of hydrogen-bond acceptors (Lipinski definition) is 3. The predicted molar refractivity (Wildman–Crippen MR) is 94.4 cm³/mol. The van der Waals surface area contributed by atoms with E-state index in [4.69, 9.17) is 0 Å². The molecule has 23 heavy (non-hydrogen) atoms. The Hall–Kier alpha value is -2.92. The summed E-state index contributed by atoms with van der Waals surface area (Å²) in [5.74, 6) is 0. The van der Waals surface area contributed by atoms with E-state index in [1.54, 1.807) is 12.1 Å². The molecule has 1 amide bonds. The van der Waals surface area contributed by atoms with E-state index in [2.05, 4.69) is 5.32 Å². The molecular weight excluding hydrogens is 308 g/mol. The molecule has 0 unspecified atom stereocenters. The molecule has 1 aromatic heterocycles. The Balaban J connectivity index is 1.77. The molecule has 4 rings (SSSR count). The number of fused-ring (bicyclic) bond motifs is 2. The van der Waals surface area contributed by atoms with Crippen molar-refractivity contribution in [3.8, 4) is 0 Å². The SMILES string of the molecule is O=C(Nc1cccc2ccccc12)n1sc2ccccc2c1=O. The van der Waals surface area contributed by atoms with E-state index in [1.807, 2.05) is 54.6 Å². The van der Waals surface area contributed by atoms with Crippen LogP contribution in [0.25, 0.3) is 20.9 Å². The molecule has 0 aliphatic heterocycles. The monoisotopic (exact) mass is 320 g/mol. The second kappa shape index (κ2) is 5.37. The summed E-state index contributed by atoms with van der Waals surface area (Å²) in [5, 5.41) is 5.38. The fraction of sp³-hybridized carbons (Fsp3) is 0. The zero-order chi connectivity index (χ0) is 15.8. The van der Waals surface area contributed by atoms with Gasteiger partial charge in [0.25, 0.3) is 5.56 Å². The maximum Gasteiger partial charge on any atom is 0.342 e. The van der Waals surface area contributed by atoms with Gasteiger partial charge in [-0.2, -0.15) is 3.96 Å². The molecule has 0 aliphatic carbocycles. The topological polar surface area (TPSA) is 51.1 Å². The first-order chi connectivity index (χ1) is 11.2. The van der Waals surface area contributed by atoms with Crippen molar-refractivity contribution in [2.45, 2.75) is 0 Å². The first kappa shape index (κ1) is 13.7. The third-order valence-electron chi connectivity index (χ3n) is 3.71. The van der Waals surface area contributed by atoms with Crippen molar-refractivity contribution >= 4 is 44.1 Å². The van der Waals surface area contributed by atoms with Gasteiger partial charge in [0.1, 0.15) is 0 Å². The lowest BCUT2D eigenvalue weighted by atomic mass is 10.1. The van der Waals surface area contributed by atoms with Crippen LogP contribution in [0.15, 0.2) is 71.5 Å². The van der Waals surface area contributed by atoms with Crippen molar-refractivity contribution in [3.63, 3.8) is 0 Å². The molecule has 0 saturated carbocycles. The molecule has 0 saturated heterocycles. The van der Waals surface area contributed by atoms with E-state index in [0.29, 0.717) is 11.1 Å². The highest BCUT2D eigenvalue weighted by molar-refractivity contribution is 7.14. The van der Waals surface area contributed by atoms with Crippen molar-refractivity contribution < 1.29 is 4.79 Å². The van der Waals surface area contributed by atoms with Crippen molar-refractivity contribution in [2.24, 2.45) is 0 Å². The lowest BCUT2D eigenvalue weighted by Crippen LogP contribution is -2.26. The Labute approximate surface area is 135 Å². The van der Waals surface area contributed by atoms with Crippen LogP contribution in [-0.2, 0) is 0 Å². The van der Waals surface area contributed by atoms with E-state index in [9.17, 15) is 9.59 Å². The van der Waals surface area contributed by atoms with Crippen molar-refractivity contribution in [1.82, 2.24) is 3.96 Å².